The summed E-state index contributed by atoms with van der Waals surface area (Å²) in [5.41, 5.74) is 1.30. The van der Waals surface area contributed by atoms with E-state index >= 15 is 0 Å². The van der Waals surface area contributed by atoms with E-state index in [2.05, 4.69) is 24.1 Å². The standard InChI is InChI=1S/C20H26FN3O2S/c1-3-11-24(12-4-2)19(26)10-6-9-18(25)23-20-22-17(14-27-20)15-7-5-8-16(21)13-15/h5,7-8,13-14H,3-4,6,9-12H2,1-2H3,(H,22,23,25). The van der Waals surface area contributed by atoms with Crippen molar-refractivity contribution in [3.05, 3.63) is 35.5 Å². The molecule has 0 saturated carbocycles. The minimum Gasteiger partial charge on any atom is -0.343 e. The highest BCUT2D eigenvalue weighted by Gasteiger charge is 2.13. The van der Waals surface area contributed by atoms with Crippen LogP contribution >= 0.6 is 11.3 Å². The molecule has 2 amide bonds. The summed E-state index contributed by atoms with van der Waals surface area (Å²) in [6.45, 7) is 5.63. The molecule has 2 aromatic rings. The first-order valence-electron chi connectivity index (χ1n) is 9.32. The highest BCUT2D eigenvalue weighted by Crippen LogP contribution is 2.25. The third-order valence-corrected chi connectivity index (χ3v) is 4.76. The maximum absolute atomic E-state index is 13.3. The quantitative estimate of drug-likeness (QED) is 0.638. The van der Waals surface area contributed by atoms with Gasteiger partial charge in [0.25, 0.3) is 0 Å². The van der Waals surface area contributed by atoms with E-state index < -0.39 is 0 Å². The number of hydrogen-bond donors (Lipinski definition) is 1. The van der Waals surface area contributed by atoms with E-state index in [1.165, 1.54) is 23.5 Å². The van der Waals surface area contributed by atoms with Crippen molar-refractivity contribution >= 4 is 28.3 Å². The number of nitrogens with zero attached hydrogens (tertiary/aromatic N) is 2. The normalized spacial score (nSPS) is 10.6. The van der Waals surface area contributed by atoms with E-state index in [4.69, 9.17) is 0 Å². The fourth-order valence-corrected chi connectivity index (χ4v) is 3.49. The van der Waals surface area contributed by atoms with Crippen LogP contribution in [0.3, 0.4) is 0 Å². The van der Waals surface area contributed by atoms with Crippen LogP contribution in [0.4, 0.5) is 9.52 Å². The van der Waals surface area contributed by atoms with Crippen molar-refractivity contribution in [2.24, 2.45) is 0 Å². The van der Waals surface area contributed by atoms with Gasteiger partial charge in [0.05, 0.1) is 5.69 Å². The molecule has 7 heteroatoms. The summed E-state index contributed by atoms with van der Waals surface area (Å²) in [6, 6.07) is 6.18. The van der Waals surface area contributed by atoms with Crippen LogP contribution in [0.1, 0.15) is 46.0 Å². The Bertz CT molecular complexity index is 757. The van der Waals surface area contributed by atoms with Gasteiger partial charge in [0.1, 0.15) is 5.82 Å². The molecule has 0 atom stereocenters. The summed E-state index contributed by atoms with van der Waals surface area (Å²) in [6.07, 6.45) is 3.02. The molecule has 0 aliphatic rings. The zero-order valence-electron chi connectivity index (χ0n) is 15.8. The Labute approximate surface area is 163 Å². The Kier molecular flexibility index (Phi) is 8.39. The molecule has 5 nitrogen and oxygen atoms in total. The maximum atomic E-state index is 13.3. The summed E-state index contributed by atoms with van der Waals surface area (Å²) >= 11 is 1.30. The van der Waals surface area contributed by atoms with E-state index in [-0.39, 0.29) is 24.1 Å². The number of carbonyl (C=O) groups is 2. The van der Waals surface area contributed by atoms with Gasteiger partial charge in [-0.15, -0.1) is 11.3 Å². The Balaban J connectivity index is 1.80. The van der Waals surface area contributed by atoms with Crippen LogP contribution in [-0.4, -0.2) is 34.8 Å². The first-order chi connectivity index (χ1) is 13.0. The van der Waals surface area contributed by atoms with E-state index in [1.54, 1.807) is 17.5 Å². The van der Waals surface area contributed by atoms with Crippen molar-refractivity contribution < 1.29 is 14.0 Å². The van der Waals surface area contributed by atoms with Gasteiger partial charge in [-0.25, -0.2) is 9.37 Å². The molecule has 0 radical (unpaired) electrons. The van der Waals surface area contributed by atoms with E-state index in [1.807, 2.05) is 4.90 Å². The molecule has 146 valence electrons. The molecule has 0 bridgehead atoms. The molecular weight excluding hydrogens is 365 g/mol. The van der Waals surface area contributed by atoms with Crippen molar-refractivity contribution in [2.45, 2.75) is 46.0 Å². The van der Waals surface area contributed by atoms with E-state index in [0.29, 0.717) is 29.2 Å². The molecule has 2 rings (SSSR count). The number of thiazole rings is 1. The zero-order chi connectivity index (χ0) is 19.6. The smallest absolute Gasteiger partial charge is 0.226 e. The van der Waals surface area contributed by atoms with Crippen molar-refractivity contribution in [3.63, 3.8) is 0 Å². The molecule has 0 aliphatic heterocycles. The van der Waals surface area contributed by atoms with Crippen LogP contribution < -0.4 is 5.32 Å². The lowest BCUT2D eigenvalue weighted by Crippen LogP contribution is -2.32. The van der Waals surface area contributed by atoms with Crippen molar-refractivity contribution in [2.75, 3.05) is 18.4 Å². The molecular formula is C20H26FN3O2S. The number of amides is 2. The van der Waals surface area contributed by atoms with Gasteiger partial charge < -0.3 is 10.2 Å². The van der Waals surface area contributed by atoms with Gasteiger partial charge in [0.15, 0.2) is 5.13 Å². The van der Waals surface area contributed by atoms with Gasteiger partial charge in [-0.3, -0.25) is 9.59 Å². The number of benzene rings is 1. The van der Waals surface area contributed by atoms with Crippen LogP contribution in [0.5, 0.6) is 0 Å². The lowest BCUT2D eigenvalue weighted by atomic mass is 10.2. The van der Waals surface area contributed by atoms with Gasteiger partial charge in [0, 0.05) is 36.9 Å². The predicted molar refractivity (Wildman–Crippen MR) is 107 cm³/mol. The lowest BCUT2D eigenvalue weighted by Gasteiger charge is -2.21. The van der Waals surface area contributed by atoms with Crippen LogP contribution in [0, 0.1) is 5.82 Å². The summed E-state index contributed by atoms with van der Waals surface area (Å²) in [4.78, 5) is 30.5. The second-order valence-corrected chi connectivity index (χ2v) is 7.19. The fourth-order valence-electron chi connectivity index (χ4n) is 2.75. The molecule has 0 fully saturated rings. The Morgan fingerprint density at radius 3 is 2.59 bits per heavy atom. The molecule has 1 N–H and O–H groups in total. The summed E-state index contributed by atoms with van der Waals surface area (Å²) in [7, 11) is 0. The van der Waals surface area contributed by atoms with Crippen LogP contribution in [0.2, 0.25) is 0 Å². The first kappa shape index (κ1) is 21.0. The molecule has 0 unspecified atom stereocenters. The molecule has 1 heterocycles. The van der Waals surface area contributed by atoms with E-state index in [0.717, 1.165) is 25.9 Å². The Morgan fingerprint density at radius 2 is 1.93 bits per heavy atom. The maximum Gasteiger partial charge on any atom is 0.226 e. The van der Waals surface area contributed by atoms with Gasteiger partial charge in [0.2, 0.25) is 11.8 Å². The van der Waals surface area contributed by atoms with Crippen molar-refractivity contribution in [1.29, 1.82) is 0 Å². The second-order valence-electron chi connectivity index (χ2n) is 6.33. The van der Waals surface area contributed by atoms with Crippen LogP contribution in [0.15, 0.2) is 29.6 Å². The molecule has 0 spiro atoms. The van der Waals surface area contributed by atoms with Crippen molar-refractivity contribution in [1.82, 2.24) is 9.88 Å². The highest BCUT2D eigenvalue weighted by molar-refractivity contribution is 7.14. The summed E-state index contributed by atoms with van der Waals surface area (Å²) < 4.78 is 13.3. The number of anilines is 1. The molecule has 27 heavy (non-hydrogen) atoms. The fraction of sp³-hybridized carbons (Fsp3) is 0.450. The molecule has 0 saturated heterocycles. The van der Waals surface area contributed by atoms with Crippen molar-refractivity contribution in [3.8, 4) is 11.3 Å². The number of rotatable bonds is 10. The van der Waals surface area contributed by atoms with Gasteiger partial charge >= 0.3 is 0 Å². The molecule has 0 aliphatic carbocycles. The lowest BCUT2D eigenvalue weighted by molar-refractivity contribution is -0.131. The van der Waals surface area contributed by atoms with Crippen LogP contribution in [-0.2, 0) is 9.59 Å². The second kappa shape index (κ2) is 10.8. The monoisotopic (exact) mass is 391 g/mol. The SMILES string of the molecule is CCCN(CCC)C(=O)CCCC(=O)Nc1nc(-c2cccc(F)c2)cs1. The number of aromatic nitrogens is 1. The van der Waals surface area contributed by atoms with E-state index in [9.17, 15) is 14.0 Å². The number of carbonyl (C=O) groups excluding carboxylic acids is 2. The minimum atomic E-state index is -0.323. The number of hydrogen-bond acceptors (Lipinski definition) is 4. The average Bonchev–Trinajstić information content (AvgIpc) is 3.10. The zero-order valence-corrected chi connectivity index (χ0v) is 16.7. The predicted octanol–water partition coefficient (Wildman–Crippen LogP) is 4.71. The summed E-state index contributed by atoms with van der Waals surface area (Å²) in [5.74, 6) is -0.384. The third kappa shape index (κ3) is 6.75. The topological polar surface area (TPSA) is 62.3 Å². The minimum absolute atomic E-state index is 0.106. The Hall–Kier alpha value is -2.28. The largest absolute Gasteiger partial charge is 0.343 e. The highest BCUT2D eigenvalue weighted by atomic mass is 32.1. The first-order valence-corrected chi connectivity index (χ1v) is 10.2. The van der Waals surface area contributed by atoms with Gasteiger partial charge in [-0.05, 0) is 31.4 Å². The van der Waals surface area contributed by atoms with Gasteiger partial charge in [-0.2, -0.15) is 0 Å². The number of nitrogens with one attached hydrogen (secondary N) is 1. The van der Waals surface area contributed by atoms with Crippen LogP contribution in [0.25, 0.3) is 11.3 Å². The third-order valence-electron chi connectivity index (χ3n) is 4.01. The Morgan fingerprint density at radius 1 is 1.19 bits per heavy atom. The average molecular weight is 392 g/mol. The molecule has 1 aromatic carbocycles. The summed E-state index contributed by atoms with van der Waals surface area (Å²) in [5, 5.41) is 5.00. The molecule has 1 aromatic heterocycles. The number of halogens is 1. The van der Waals surface area contributed by atoms with Gasteiger partial charge in [-0.1, -0.05) is 26.0 Å².